The molecule has 0 spiro atoms. The van der Waals surface area contributed by atoms with Crippen molar-refractivity contribution >= 4 is 5.97 Å². The number of aryl methyl sites for hydroxylation is 1. The van der Waals surface area contributed by atoms with Crippen molar-refractivity contribution in [3.8, 4) is 0 Å². The SMILES string of the molecule is COC(=O)c1ccc(C[N+](=O)[O-])cc1C. The van der Waals surface area contributed by atoms with Crippen molar-refractivity contribution in [2.24, 2.45) is 0 Å². The van der Waals surface area contributed by atoms with E-state index in [2.05, 4.69) is 4.74 Å². The van der Waals surface area contributed by atoms with Crippen LogP contribution in [0, 0.1) is 17.0 Å². The van der Waals surface area contributed by atoms with Gasteiger partial charge in [-0.1, -0.05) is 6.07 Å². The van der Waals surface area contributed by atoms with E-state index < -0.39 is 10.9 Å². The van der Waals surface area contributed by atoms with Gasteiger partial charge in [0.15, 0.2) is 0 Å². The van der Waals surface area contributed by atoms with Gasteiger partial charge in [-0.05, 0) is 24.6 Å². The Morgan fingerprint density at radius 1 is 1.53 bits per heavy atom. The molecular weight excluding hydrogens is 198 g/mol. The first kappa shape index (κ1) is 11.2. The standard InChI is InChI=1S/C10H11NO4/c1-7-5-8(6-11(13)14)3-4-9(7)10(12)15-2/h3-5H,6H2,1-2H3. The van der Waals surface area contributed by atoms with E-state index in [0.717, 1.165) is 0 Å². The summed E-state index contributed by atoms with van der Waals surface area (Å²) in [6, 6.07) is 4.72. The molecular formula is C10H11NO4. The Bertz CT molecular complexity index is 400. The fraction of sp³-hybridized carbons (Fsp3) is 0.300. The van der Waals surface area contributed by atoms with Crippen LogP contribution < -0.4 is 0 Å². The van der Waals surface area contributed by atoms with Crippen LogP contribution in [-0.4, -0.2) is 18.0 Å². The summed E-state index contributed by atoms with van der Waals surface area (Å²) in [5, 5.41) is 10.3. The normalized spacial score (nSPS) is 9.73. The summed E-state index contributed by atoms with van der Waals surface area (Å²) >= 11 is 0. The van der Waals surface area contributed by atoms with Gasteiger partial charge in [0, 0.05) is 10.5 Å². The Labute approximate surface area is 86.8 Å². The second kappa shape index (κ2) is 4.54. The maximum Gasteiger partial charge on any atom is 0.338 e. The molecule has 15 heavy (non-hydrogen) atoms. The van der Waals surface area contributed by atoms with E-state index >= 15 is 0 Å². The fourth-order valence-corrected chi connectivity index (χ4v) is 1.31. The molecule has 0 aromatic heterocycles. The second-order valence-electron chi connectivity index (χ2n) is 3.13. The van der Waals surface area contributed by atoms with Crippen LogP contribution in [0.5, 0.6) is 0 Å². The molecule has 0 saturated heterocycles. The highest BCUT2D eigenvalue weighted by molar-refractivity contribution is 5.90. The third kappa shape index (κ3) is 2.77. The van der Waals surface area contributed by atoms with Crippen LogP contribution in [0.15, 0.2) is 18.2 Å². The molecule has 0 heterocycles. The number of methoxy groups -OCH3 is 1. The van der Waals surface area contributed by atoms with Crippen molar-refractivity contribution < 1.29 is 14.5 Å². The molecule has 80 valence electrons. The van der Waals surface area contributed by atoms with Crippen LogP contribution >= 0.6 is 0 Å². The summed E-state index contributed by atoms with van der Waals surface area (Å²) < 4.78 is 4.57. The van der Waals surface area contributed by atoms with Crippen molar-refractivity contribution in [1.29, 1.82) is 0 Å². The van der Waals surface area contributed by atoms with Gasteiger partial charge in [0.05, 0.1) is 12.7 Å². The quantitative estimate of drug-likeness (QED) is 0.430. The number of hydrogen-bond donors (Lipinski definition) is 0. The lowest BCUT2D eigenvalue weighted by molar-refractivity contribution is -0.496. The Morgan fingerprint density at radius 3 is 2.67 bits per heavy atom. The van der Waals surface area contributed by atoms with Gasteiger partial charge in [-0.2, -0.15) is 0 Å². The van der Waals surface area contributed by atoms with E-state index in [4.69, 9.17) is 0 Å². The Balaban J connectivity index is 2.97. The zero-order valence-corrected chi connectivity index (χ0v) is 8.52. The lowest BCUT2D eigenvalue weighted by Gasteiger charge is -2.04. The van der Waals surface area contributed by atoms with Crippen LogP contribution in [0.25, 0.3) is 0 Å². The minimum atomic E-state index is -0.430. The van der Waals surface area contributed by atoms with Crippen LogP contribution in [-0.2, 0) is 11.3 Å². The predicted octanol–water partition coefficient (Wildman–Crippen LogP) is 1.56. The maximum atomic E-state index is 11.2. The topological polar surface area (TPSA) is 69.4 Å². The van der Waals surface area contributed by atoms with Crippen molar-refractivity contribution in [1.82, 2.24) is 0 Å². The first-order valence-electron chi connectivity index (χ1n) is 4.34. The predicted molar refractivity (Wildman–Crippen MR) is 53.2 cm³/mol. The van der Waals surface area contributed by atoms with Gasteiger partial charge in [-0.3, -0.25) is 10.1 Å². The molecule has 1 rings (SSSR count). The molecule has 1 aromatic carbocycles. The Hall–Kier alpha value is -1.91. The van der Waals surface area contributed by atoms with E-state index in [9.17, 15) is 14.9 Å². The molecule has 0 aliphatic heterocycles. The summed E-state index contributed by atoms with van der Waals surface area (Å²) in [6.07, 6.45) is 0. The number of nitro groups is 1. The minimum absolute atomic E-state index is 0.234. The van der Waals surface area contributed by atoms with Gasteiger partial charge in [-0.15, -0.1) is 0 Å². The van der Waals surface area contributed by atoms with Crippen LogP contribution in [0.2, 0.25) is 0 Å². The highest BCUT2D eigenvalue weighted by Crippen LogP contribution is 2.12. The molecule has 0 N–H and O–H groups in total. The molecule has 5 heteroatoms. The zero-order chi connectivity index (χ0) is 11.4. The lowest BCUT2D eigenvalue weighted by Crippen LogP contribution is -2.05. The first-order chi connectivity index (χ1) is 7.04. The molecule has 0 aliphatic rings. The van der Waals surface area contributed by atoms with Gasteiger partial charge in [0.1, 0.15) is 0 Å². The molecule has 0 atom stereocenters. The molecule has 0 unspecified atom stereocenters. The van der Waals surface area contributed by atoms with Gasteiger partial charge in [0.2, 0.25) is 6.54 Å². The summed E-state index contributed by atoms with van der Waals surface area (Å²) in [5.74, 6) is -0.430. The number of benzene rings is 1. The third-order valence-electron chi connectivity index (χ3n) is 2.01. The van der Waals surface area contributed by atoms with Crippen molar-refractivity contribution in [3.63, 3.8) is 0 Å². The number of hydrogen-bond acceptors (Lipinski definition) is 4. The number of rotatable bonds is 3. The lowest BCUT2D eigenvalue weighted by atomic mass is 10.1. The Kier molecular flexibility index (Phi) is 3.38. The molecule has 5 nitrogen and oxygen atoms in total. The minimum Gasteiger partial charge on any atom is -0.465 e. The van der Waals surface area contributed by atoms with Gasteiger partial charge >= 0.3 is 5.97 Å². The number of carbonyl (C=O) groups excluding carboxylic acids is 1. The average molecular weight is 209 g/mol. The van der Waals surface area contributed by atoms with Gasteiger partial charge < -0.3 is 4.74 Å². The summed E-state index contributed by atoms with van der Waals surface area (Å²) in [7, 11) is 1.30. The second-order valence-corrected chi connectivity index (χ2v) is 3.13. The summed E-state index contributed by atoms with van der Waals surface area (Å²) in [4.78, 5) is 21.1. The fourth-order valence-electron chi connectivity index (χ4n) is 1.31. The van der Waals surface area contributed by atoms with Gasteiger partial charge in [-0.25, -0.2) is 4.79 Å². The van der Waals surface area contributed by atoms with Gasteiger partial charge in [0.25, 0.3) is 0 Å². The average Bonchev–Trinajstić information content (AvgIpc) is 2.16. The van der Waals surface area contributed by atoms with Crippen LogP contribution in [0.4, 0.5) is 0 Å². The van der Waals surface area contributed by atoms with Crippen LogP contribution in [0.3, 0.4) is 0 Å². The smallest absolute Gasteiger partial charge is 0.338 e. The van der Waals surface area contributed by atoms with E-state index in [-0.39, 0.29) is 6.54 Å². The third-order valence-corrected chi connectivity index (χ3v) is 2.01. The highest BCUT2D eigenvalue weighted by Gasteiger charge is 2.10. The first-order valence-corrected chi connectivity index (χ1v) is 4.34. The Morgan fingerprint density at radius 2 is 2.20 bits per heavy atom. The maximum absolute atomic E-state index is 11.2. The highest BCUT2D eigenvalue weighted by atomic mass is 16.6. The summed E-state index contributed by atoms with van der Waals surface area (Å²) in [5.41, 5.74) is 1.69. The molecule has 0 aliphatic carbocycles. The molecule has 0 fully saturated rings. The van der Waals surface area contributed by atoms with E-state index in [1.807, 2.05) is 0 Å². The number of nitrogens with zero attached hydrogens (tertiary/aromatic N) is 1. The largest absolute Gasteiger partial charge is 0.465 e. The molecule has 0 radical (unpaired) electrons. The molecule has 1 aromatic rings. The van der Waals surface area contributed by atoms with Crippen LogP contribution in [0.1, 0.15) is 21.5 Å². The summed E-state index contributed by atoms with van der Waals surface area (Å²) in [6.45, 7) is 1.48. The zero-order valence-electron chi connectivity index (χ0n) is 8.52. The van der Waals surface area contributed by atoms with Crippen molar-refractivity contribution in [3.05, 3.63) is 45.0 Å². The molecule has 0 bridgehead atoms. The van der Waals surface area contributed by atoms with E-state index in [1.165, 1.54) is 7.11 Å². The number of esters is 1. The van der Waals surface area contributed by atoms with E-state index in [0.29, 0.717) is 16.7 Å². The van der Waals surface area contributed by atoms with Crippen molar-refractivity contribution in [2.45, 2.75) is 13.5 Å². The van der Waals surface area contributed by atoms with E-state index in [1.54, 1.807) is 25.1 Å². The monoisotopic (exact) mass is 209 g/mol. The van der Waals surface area contributed by atoms with Crippen molar-refractivity contribution in [2.75, 3.05) is 7.11 Å². The molecule has 0 saturated carbocycles. The number of ether oxygens (including phenoxy) is 1. The molecule has 0 amide bonds. The number of carbonyl (C=O) groups is 1.